The minimum absolute atomic E-state index is 0.0934. The number of ether oxygens (including phenoxy) is 1. The smallest absolute Gasteiger partial charge is 0.166 e. The van der Waals surface area contributed by atoms with Crippen LogP contribution in [0.2, 0.25) is 0 Å². The van der Waals surface area contributed by atoms with E-state index in [0.717, 1.165) is 15.4 Å². The lowest BCUT2D eigenvalue weighted by atomic mass is 10.1. The van der Waals surface area contributed by atoms with Gasteiger partial charge in [0, 0.05) is 20.8 Å². The molecule has 0 spiro atoms. The van der Waals surface area contributed by atoms with Crippen LogP contribution in [0.25, 0.3) is 0 Å². The van der Waals surface area contributed by atoms with Crippen molar-refractivity contribution < 1.29 is 9.13 Å². The minimum atomic E-state index is -0.565. The fourth-order valence-corrected chi connectivity index (χ4v) is 3.29. The number of hydrogen-bond acceptors (Lipinski definition) is 4. The molecule has 3 nitrogen and oxygen atoms in total. The van der Waals surface area contributed by atoms with E-state index in [9.17, 15) is 4.39 Å². The van der Waals surface area contributed by atoms with Gasteiger partial charge in [0.25, 0.3) is 0 Å². The Balaban J connectivity index is 2.27. The Hall–Kier alpha value is -1.42. The van der Waals surface area contributed by atoms with Crippen LogP contribution < -0.4 is 10.5 Å². The van der Waals surface area contributed by atoms with Crippen molar-refractivity contribution in [3.8, 4) is 11.8 Å². The minimum Gasteiger partial charge on any atom is -0.480 e. The monoisotopic (exact) mass is 354 g/mol. The Labute approximate surface area is 128 Å². The fraction of sp³-hybridized carbons (Fsp3) is 0.214. The Morgan fingerprint density at radius 1 is 1.45 bits per heavy atom. The second-order valence-corrected chi connectivity index (χ2v) is 6.18. The maximum absolute atomic E-state index is 13.9. The van der Waals surface area contributed by atoms with Gasteiger partial charge >= 0.3 is 0 Å². The van der Waals surface area contributed by atoms with Crippen LogP contribution in [0.5, 0.6) is 5.75 Å². The van der Waals surface area contributed by atoms with E-state index in [1.807, 2.05) is 17.5 Å². The SMILES string of the molecule is CC(N)C(Oc1ccc(C#N)cc1F)c1cc(Br)cs1. The standard InChI is InChI=1S/C14H12BrFN2OS/c1-8(18)14(13-5-10(15)7-20-13)19-12-3-2-9(6-17)4-11(12)16/h2-5,7-8,14H,18H2,1H3. The van der Waals surface area contributed by atoms with E-state index in [1.165, 1.54) is 23.5 Å². The summed E-state index contributed by atoms with van der Waals surface area (Å²) in [6.07, 6.45) is -0.436. The summed E-state index contributed by atoms with van der Waals surface area (Å²) in [6.45, 7) is 1.81. The summed E-state index contributed by atoms with van der Waals surface area (Å²) in [7, 11) is 0. The molecule has 0 aliphatic heterocycles. The molecule has 104 valence electrons. The van der Waals surface area contributed by atoms with Crippen LogP contribution in [0.1, 0.15) is 23.5 Å². The highest BCUT2D eigenvalue weighted by molar-refractivity contribution is 9.10. The molecule has 20 heavy (non-hydrogen) atoms. The number of rotatable bonds is 4. The van der Waals surface area contributed by atoms with Crippen LogP contribution in [-0.4, -0.2) is 6.04 Å². The number of hydrogen-bond donors (Lipinski definition) is 1. The van der Waals surface area contributed by atoms with Crippen molar-refractivity contribution in [1.29, 1.82) is 5.26 Å². The third-order valence-corrected chi connectivity index (χ3v) is 4.42. The van der Waals surface area contributed by atoms with Gasteiger partial charge in [-0.3, -0.25) is 0 Å². The molecular formula is C14H12BrFN2OS. The van der Waals surface area contributed by atoms with Gasteiger partial charge in [0.15, 0.2) is 11.6 Å². The van der Waals surface area contributed by atoms with Crippen LogP contribution in [0.3, 0.4) is 0 Å². The van der Waals surface area contributed by atoms with Gasteiger partial charge in [-0.15, -0.1) is 11.3 Å². The topological polar surface area (TPSA) is 59.0 Å². The summed E-state index contributed by atoms with van der Waals surface area (Å²) >= 11 is 4.86. The van der Waals surface area contributed by atoms with Crippen LogP contribution in [-0.2, 0) is 0 Å². The van der Waals surface area contributed by atoms with Gasteiger partial charge in [0.05, 0.1) is 11.6 Å². The Kier molecular flexibility index (Phi) is 4.76. The zero-order valence-corrected chi connectivity index (χ0v) is 13.0. The molecule has 2 rings (SSSR count). The van der Waals surface area contributed by atoms with Crippen LogP contribution in [0.15, 0.2) is 34.1 Å². The summed E-state index contributed by atoms with van der Waals surface area (Å²) in [5.41, 5.74) is 6.18. The molecule has 0 saturated carbocycles. The third-order valence-electron chi connectivity index (χ3n) is 2.66. The molecule has 2 N–H and O–H groups in total. The van der Waals surface area contributed by atoms with E-state index in [-0.39, 0.29) is 17.4 Å². The average molecular weight is 355 g/mol. The highest BCUT2D eigenvalue weighted by Crippen LogP contribution is 2.32. The normalized spacial score (nSPS) is 13.6. The quantitative estimate of drug-likeness (QED) is 0.902. The predicted molar refractivity (Wildman–Crippen MR) is 80.2 cm³/mol. The number of nitrogens with two attached hydrogens (primary N) is 1. The van der Waals surface area contributed by atoms with Crippen LogP contribution in [0.4, 0.5) is 4.39 Å². The number of halogens is 2. The van der Waals surface area contributed by atoms with Crippen molar-refractivity contribution in [3.05, 3.63) is 50.4 Å². The predicted octanol–water partition coefficient (Wildman–Crippen LogP) is 3.99. The lowest BCUT2D eigenvalue weighted by Crippen LogP contribution is -2.28. The summed E-state index contributed by atoms with van der Waals surface area (Å²) in [4.78, 5) is 0.913. The van der Waals surface area contributed by atoms with Gasteiger partial charge < -0.3 is 10.5 Å². The second kappa shape index (κ2) is 6.35. The van der Waals surface area contributed by atoms with Gasteiger partial charge in [-0.05, 0) is 47.1 Å². The summed E-state index contributed by atoms with van der Waals surface area (Å²) in [5.74, 6) is -0.471. The first-order valence-electron chi connectivity index (χ1n) is 5.87. The molecule has 0 aliphatic carbocycles. The number of nitrogens with zero attached hydrogens (tertiary/aromatic N) is 1. The summed E-state index contributed by atoms with van der Waals surface area (Å²) < 4.78 is 20.5. The fourth-order valence-electron chi connectivity index (χ4n) is 1.70. The molecule has 0 aliphatic rings. The van der Waals surface area contributed by atoms with Crippen LogP contribution >= 0.6 is 27.3 Å². The molecule has 6 heteroatoms. The van der Waals surface area contributed by atoms with E-state index in [4.69, 9.17) is 15.7 Å². The summed E-state index contributed by atoms with van der Waals surface area (Å²) in [6, 6.07) is 7.60. The van der Waals surface area contributed by atoms with Gasteiger partial charge in [0.1, 0.15) is 6.10 Å². The van der Waals surface area contributed by atoms with Gasteiger partial charge in [-0.25, -0.2) is 4.39 Å². The van der Waals surface area contributed by atoms with Crippen molar-refractivity contribution in [2.75, 3.05) is 0 Å². The lowest BCUT2D eigenvalue weighted by molar-refractivity contribution is 0.176. The molecule has 1 aromatic carbocycles. The molecule has 0 radical (unpaired) electrons. The zero-order chi connectivity index (χ0) is 14.7. The molecule has 2 aromatic rings. The molecular weight excluding hydrogens is 343 g/mol. The maximum Gasteiger partial charge on any atom is 0.166 e. The molecule has 0 fully saturated rings. The third kappa shape index (κ3) is 3.37. The number of thiophene rings is 1. The van der Waals surface area contributed by atoms with Crippen molar-refractivity contribution >= 4 is 27.3 Å². The van der Waals surface area contributed by atoms with E-state index < -0.39 is 11.9 Å². The van der Waals surface area contributed by atoms with Gasteiger partial charge in [0.2, 0.25) is 0 Å². The first-order valence-corrected chi connectivity index (χ1v) is 7.54. The average Bonchev–Trinajstić information content (AvgIpc) is 2.83. The summed E-state index contributed by atoms with van der Waals surface area (Å²) in [5, 5.41) is 10.6. The second-order valence-electron chi connectivity index (χ2n) is 4.32. The Bertz CT molecular complexity index is 651. The lowest BCUT2D eigenvalue weighted by Gasteiger charge is -2.21. The molecule has 0 bridgehead atoms. The number of nitriles is 1. The van der Waals surface area contributed by atoms with E-state index in [1.54, 1.807) is 6.92 Å². The van der Waals surface area contributed by atoms with Crippen molar-refractivity contribution in [2.45, 2.75) is 19.1 Å². The molecule has 0 saturated heterocycles. The molecule has 2 atom stereocenters. The molecule has 1 heterocycles. The Morgan fingerprint density at radius 3 is 2.70 bits per heavy atom. The van der Waals surface area contributed by atoms with Crippen LogP contribution in [0, 0.1) is 17.1 Å². The van der Waals surface area contributed by atoms with Gasteiger partial charge in [-0.2, -0.15) is 5.26 Å². The van der Waals surface area contributed by atoms with E-state index in [0.29, 0.717) is 0 Å². The first kappa shape index (κ1) is 15.0. The molecule has 0 amide bonds. The highest BCUT2D eigenvalue weighted by atomic mass is 79.9. The Morgan fingerprint density at radius 2 is 2.20 bits per heavy atom. The molecule has 2 unspecified atom stereocenters. The van der Waals surface area contributed by atoms with E-state index >= 15 is 0 Å². The zero-order valence-electron chi connectivity index (χ0n) is 10.6. The van der Waals surface area contributed by atoms with Crippen molar-refractivity contribution in [1.82, 2.24) is 0 Å². The van der Waals surface area contributed by atoms with E-state index in [2.05, 4.69) is 15.9 Å². The maximum atomic E-state index is 13.9. The first-order chi connectivity index (χ1) is 9.51. The van der Waals surface area contributed by atoms with Crippen molar-refractivity contribution in [3.63, 3.8) is 0 Å². The van der Waals surface area contributed by atoms with Crippen molar-refractivity contribution in [2.24, 2.45) is 5.73 Å². The number of benzene rings is 1. The highest BCUT2D eigenvalue weighted by Gasteiger charge is 2.21. The molecule has 1 aromatic heterocycles. The van der Waals surface area contributed by atoms with Gasteiger partial charge in [-0.1, -0.05) is 0 Å². The largest absolute Gasteiger partial charge is 0.480 e.